The maximum absolute atomic E-state index is 11.5. The van der Waals surface area contributed by atoms with E-state index in [2.05, 4.69) is 21.4 Å². The number of esters is 1. The van der Waals surface area contributed by atoms with Crippen LogP contribution in [0.3, 0.4) is 0 Å². The third kappa shape index (κ3) is 1.95. The first kappa shape index (κ1) is 12.3. The van der Waals surface area contributed by atoms with E-state index in [0.717, 1.165) is 25.8 Å². The monoisotopic (exact) mass is 262 g/mol. The number of hydrogen-bond donors (Lipinski definition) is 0. The summed E-state index contributed by atoms with van der Waals surface area (Å²) in [5, 5.41) is 8.34. The average Bonchev–Trinajstić information content (AvgIpc) is 2.73. The molecule has 0 amide bonds. The highest BCUT2D eigenvalue weighted by Gasteiger charge is 2.67. The van der Waals surface area contributed by atoms with Crippen molar-refractivity contribution in [3.63, 3.8) is 0 Å². The van der Waals surface area contributed by atoms with E-state index in [9.17, 15) is 4.79 Å². The van der Waals surface area contributed by atoms with E-state index in [-0.39, 0.29) is 0 Å². The number of nitrogens with zero attached hydrogens (tertiary/aromatic N) is 4. The van der Waals surface area contributed by atoms with E-state index >= 15 is 0 Å². The Labute approximate surface area is 111 Å². The minimum atomic E-state index is -0.402. The standard InChI is InChI=1S/C13H18N4O2/c1-3-19-11(18)10-4-15-17(16-10)9-13-5-12(6-13,7-13)8-14-2/h4,8H,3,5-7,9H2,1-2H3. The molecule has 3 saturated carbocycles. The molecule has 102 valence electrons. The van der Waals surface area contributed by atoms with Gasteiger partial charge in [0.25, 0.3) is 0 Å². The molecule has 2 bridgehead atoms. The fourth-order valence-corrected chi connectivity index (χ4v) is 3.64. The van der Waals surface area contributed by atoms with Gasteiger partial charge in [-0.25, -0.2) is 4.79 Å². The molecular formula is C13H18N4O2. The van der Waals surface area contributed by atoms with E-state index in [1.807, 2.05) is 7.05 Å². The predicted molar refractivity (Wildman–Crippen MR) is 69.1 cm³/mol. The number of ether oxygens (including phenoxy) is 1. The second-order valence-corrected chi connectivity index (χ2v) is 5.76. The lowest BCUT2D eigenvalue weighted by molar-refractivity contribution is -0.163. The van der Waals surface area contributed by atoms with Crippen LogP contribution < -0.4 is 0 Å². The van der Waals surface area contributed by atoms with Crippen molar-refractivity contribution >= 4 is 12.2 Å². The van der Waals surface area contributed by atoms with Crippen LogP contribution in [-0.4, -0.2) is 40.8 Å². The van der Waals surface area contributed by atoms with Crippen LogP contribution in [0.2, 0.25) is 0 Å². The van der Waals surface area contributed by atoms with Crippen molar-refractivity contribution in [1.29, 1.82) is 0 Å². The fourth-order valence-electron chi connectivity index (χ4n) is 3.64. The lowest BCUT2D eigenvalue weighted by Crippen LogP contribution is -2.64. The van der Waals surface area contributed by atoms with E-state index in [4.69, 9.17) is 4.74 Å². The summed E-state index contributed by atoms with van der Waals surface area (Å²) in [5.74, 6) is -0.402. The second kappa shape index (κ2) is 4.15. The van der Waals surface area contributed by atoms with Crippen LogP contribution in [0.25, 0.3) is 0 Å². The first-order valence-electron chi connectivity index (χ1n) is 6.61. The number of carbonyl (C=O) groups is 1. The van der Waals surface area contributed by atoms with E-state index in [0.29, 0.717) is 23.1 Å². The summed E-state index contributed by atoms with van der Waals surface area (Å²) in [5.41, 5.74) is 0.969. The van der Waals surface area contributed by atoms with Crippen LogP contribution in [0.15, 0.2) is 11.2 Å². The lowest BCUT2D eigenvalue weighted by Gasteiger charge is -2.69. The Kier molecular flexibility index (Phi) is 2.69. The summed E-state index contributed by atoms with van der Waals surface area (Å²) in [7, 11) is 1.83. The Morgan fingerprint density at radius 1 is 1.58 bits per heavy atom. The highest BCUT2D eigenvalue weighted by Crippen LogP contribution is 2.72. The zero-order chi connectivity index (χ0) is 13.5. The number of aliphatic imine (C=N–C) groups is 1. The summed E-state index contributed by atoms with van der Waals surface area (Å²) >= 11 is 0. The Morgan fingerprint density at radius 2 is 2.32 bits per heavy atom. The zero-order valence-electron chi connectivity index (χ0n) is 11.3. The lowest BCUT2D eigenvalue weighted by atomic mass is 9.35. The molecular weight excluding hydrogens is 244 g/mol. The molecule has 0 aliphatic heterocycles. The summed E-state index contributed by atoms with van der Waals surface area (Å²) in [4.78, 5) is 17.3. The van der Waals surface area contributed by atoms with Gasteiger partial charge in [-0.2, -0.15) is 9.90 Å². The van der Waals surface area contributed by atoms with Gasteiger partial charge >= 0.3 is 5.97 Å². The highest BCUT2D eigenvalue weighted by molar-refractivity contribution is 5.86. The van der Waals surface area contributed by atoms with Gasteiger partial charge in [-0.05, 0) is 31.6 Å². The van der Waals surface area contributed by atoms with Crippen LogP contribution in [0.1, 0.15) is 36.7 Å². The third-order valence-corrected chi connectivity index (χ3v) is 4.08. The van der Waals surface area contributed by atoms with Crippen molar-refractivity contribution in [3.05, 3.63) is 11.9 Å². The van der Waals surface area contributed by atoms with Gasteiger partial charge in [0.2, 0.25) is 0 Å². The Bertz CT molecular complexity index is 515. The van der Waals surface area contributed by atoms with Gasteiger partial charge in [0.15, 0.2) is 5.69 Å². The molecule has 1 aromatic heterocycles. The fraction of sp³-hybridized carbons (Fsp3) is 0.692. The van der Waals surface area contributed by atoms with Crippen LogP contribution in [-0.2, 0) is 11.3 Å². The third-order valence-electron chi connectivity index (χ3n) is 4.08. The minimum Gasteiger partial charge on any atom is -0.461 e. The molecule has 6 heteroatoms. The molecule has 6 nitrogen and oxygen atoms in total. The molecule has 3 fully saturated rings. The number of hydrogen-bond acceptors (Lipinski definition) is 5. The van der Waals surface area contributed by atoms with Crippen molar-refractivity contribution in [2.24, 2.45) is 15.8 Å². The van der Waals surface area contributed by atoms with Crippen molar-refractivity contribution in [2.75, 3.05) is 13.7 Å². The Morgan fingerprint density at radius 3 is 2.95 bits per heavy atom. The van der Waals surface area contributed by atoms with E-state index in [1.54, 1.807) is 11.7 Å². The molecule has 0 spiro atoms. The van der Waals surface area contributed by atoms with Gasteiger partial charge in [-0.3, -0.25) is 0 Å². The molecule has 19 heavy (non-hydrogen) atoms. The quantitative estimate of drug-likeness (QED) is 0.593. The van der Waals surface area contributed by atoms with Crippen molar-refractivity contribution in [1.82, 2.24) is 15.0 Å². The normalized spacial score (nSPS) is 31.9. The zero-order valence-corrected chi connectivity index (χ0v) is 11.3. The largest absolute Gasteiger partial charge is 0.461 e. The second-order valence-electron chi connectivity index (χ2n) is 5.76. The van der Waals surface area contributed by atoms with E-state index in [1.165, 1.54) is 6.20 Å². The molecule has 3 aliphatic carbocycles. The van der Waals surface area contributed by atoms with Crippen LogP contribution >= 0.6 is 0 Å². The number of rotatable bonds is 5. The first-order chi connectivity index (χ1) is 9.10. The van der Waals surface area contributed by atoms with Gasteiger partial charge in [-0.15, -0.1) is 5.10 Å². The average molecular weight is 262 g/mol. The molecule has 0 unspecified atom stereocenters. The number of aromatic nitrogens is 3. The Balaban J connectivity index is 1.60. The molecule has 4 rings (SSSR count). The maximum Gasteiger partial charge on any atom is 0.360 e. The Hall–Kier alpha value is -1.72. The number of carbonyl (C=O) groups excluding carboxylic acids is 1. The van der Waals surface area contributed by atoms with Gasteiger partial charge in [0.05, 0.1) is 19.3 Å². The van der Waals surface area contributed by atoms with Crippen molar-refractivity contribution in [2.45, 2.75) is 32.7 Å². The summed E-state index contributed by atoms with van der Waals surface area (Å²) < 4.78 is 4.90. The highest BCUT2D eigenvalue weighted by atomic mass is 16.5. The molecule has 0 radical (unpaired) electrons. The van der Waals surface area contributed by atoms with Gasteiger partial charge in [0.1, 0.15) is 0 Å². The van der Waals surface area contributed by atoms with Gasteiger partial charge in [-0.1, -0.05) is 0 Å². The molecule has 0 N–H and O–H groups in total. The topological polar surface area (TPSA) is 69.4 Å². The van der Waals surface area contributed by atoms with Crippen LogP contribution in [0.4, 0.5) is 0 Å². The molecule has 0 aromatic carbocycles. The van der Waals surface area contributed by atoms with Crippen molar-refractivity contribution < 1.29 is 9.53 Å². The summed E-state index contributed by atoms with van der Waals surface area (Å²) in [6.45, 7) is 2.92. The first-order valence-corrected chi connectivity index (χ1v) is 6.61. The summed E-state index contributed by atoms with van der Waals surface area (Å²) in [6.07, 6.45) is 7.04. The molecule has 1 aromatic rings. The molecule has 3 aliphatic rings. The molecule has 0 saturated heterocycles. The predicted octanol–water partition coefficient (Wildman–Crippen LogP) is 1.33. The summed E-state index contributed by atoms with van der Waals surface area (Å²) in [6, 6.07) is 0. The maximum atomic E-state index is 11.5. The molecule has 1 heterocycles. The van der Waals surface area contributed by atoms with Crippen molar-refractivity contribution in [3.8, 4) is 0 Å². The van der Waals surface area contributed by atoms with Crippen LogP contribution in [0, 0.1) is 10.8 Å². The van der Waals surface area contributed by atoms with Gasteiger partial charge in [0, 0.05) is 18.7 Å². The van der Waals surface area contributed by atoms with Crippen LogP contribution in [0.5, 0.6) is 0 Å². The smallest absolute Gasteiger partial charge is 0.360 e. The van der Waals surface area contributed by atoms with E-state index < -0.39 is 5.97 Å². The SMILES string of the molecule is CCOC(=O)c1cnn(CC23CC(C=NC)(C2)C3)n1. The van der Waals surface area contributed by atoms with Gasteiger partial charge < -0.3 is 9.73 Å². The molecule has 0 atom stereocenters. The minimum absolute atomic E-state index is 0.290.